The standard InChI is InChI=1S/C25H25ClN6S/c1-2-31-11-13-32(14-12-31)21-7-5-20(6-8-21)30-25-24-23(28-17-29-25)19(16-33-24)4-3-18-9-10-27-22(26)15-18/h3-10,15-17H,2,11-14H2,1H3,(H,28,29,30)/b4-3+. The summed E-state index contributed by atoms with van der Waals surface area (Å²) in [6.45, 7) is 7.75. The summed E-state index contributed by atoms with van der Waals surface area (Å²) >= 11 is 7.62. The maximum absolute atomic E-state index is 5.99. The van der Waals surface area contributed by atoms with Crippen LogP contribution in [-0.2, 0) is 0 Å². The number of hydrogen-bond donors (Lipinski definition) is 1. The number of nitrogens with zero attached hydrogens (tertiary/aromatic N) is 5. The van der Waals surface area contributed by atoms with Gasteiger partial charge in [0.25, 0.3) is 0 Å². The van der Waals surface area contributed by atoms with Gasteiger partial charge in [-0.25, -0.2) is 15.0 Å². The monoisotopic (exact) mass is 476 g/mol. The van der Waals surface area contributed by atoms with E-state index in [0.717, 1.165) is 65.6 Å². The van der Waals surface area contributed by atoms with Crippen LogP contribution in [0.2, 0.25) is 5.15 Å². The fourth-order valence-corrected chi connectivity index (χ4v) is 5.11. The molecule has 0 radical (unpaired) electrons. The Kier molecular flexibility index (Phi) is 6.53. The first-order valence-electron chi connectivity index (χ1n) is 11.1. The van der Waals surface area contributed by atoms with Crippen molar-refractivity contribution >= 4 is 62.5 Å². The van der Waals surface area contributed by atoms with E-state index in [2.05, 4.69) is 66.6 Å². The van der Waals surface area contributed by atoms with Gasteiger partial charge < -0.3 is 15.1 Å². The van der Waals surface area contributed by atoms with E-state index in [4.69, 9.17) is 11.6 Å². The Morgan fingerprint density at radius 3 is 2.61 bits per heavy atom. The molecule has 168 valence electrons. The van der Waals surface area contributed by atoms with Gasteiger partial charge in [-0.15, -0.1) is 11.3 Å². The first-order chi connectivity index (χ1) is 16.2. The van der Waals surface area contributed by atoms with Crippen LogP contribution in [0.3, 0.4) is 0 Å². The number of fused-ring (bicyclic) bond motifs is 1. The molecule has 1 saturated heterocycles. The lowest BCUT2D eigenvalue weighted by Gasteiger charge is -2.35. The quantitative estimate of drug-likeness (QED) is 0.355. The van der Waals surface area contributed by atoms with Gasteiger partial charge in [0.05, 0.1) is 10.2 Å². The summed E-state index contributed by atoms with van der Waals surface area (Å²) in [7, 11) is 0. The summed E-state index contributed by atoms with van der Waals surface area (Å²) in [6.07, 6.45) is 7.38. The third kappa shape index (κ3) is 5.00. The third-order valence-electron chi connectivity index (χ3n) is 5.90. The first kappa shape index (κ1) is 21.8. The molecule has 1 N–H and O–H groups in total. The molecular formula is C25H25ClN6S. The Morgan fingerprint density at radius 1 is 1.03 bits per heavy atom. The third-order valence-corrected chi connectivity index (χ3v) is 7.10. The summed E-state index contributed by atoms with van der Waals surface area (Å²) in [6, 6.07) is 12.4. The number of aromatic nitrogens is 3. The number of nitrogens with one attached hydrogen (secondary N) is 1. The number of likely N-dealkylation sites (N-methyl/N-ethyl adjacent to an activating group) is 1. The van der Waals surface area contributed by atoms with Gasteiger partial charge in [0.1, 0.15) is 11.5 Å². The Morgan fingerprint density at radius 2 is 1.85 bits per heavy atom. The van der Waals surface area contributed by atoms with Crippen molar-refractivity contribution in [2.45, 2.75) is 6.92 Å². The zero-order chi connectivity index (χ0) is 22.6. The molecule has 0 saturated carbocycles. The highest BCUT2D eigenvalue weighted by atomic mass is 35.5. The van der Waals surface area contributed by atoms with Crippen molar-refractivity contribution in [2.24, 2.45) is 0 Å². The molecule has 8 heteroatoms. The van der Waals surface area contributed by atoms with Crippen LogP contribution in [0.4, 0.5) is 17.2 Å². The molecule has 1 aromatic carbocycles. The van der Waals surface area contributed by atoms with Crippen LogP contribution in [0.15, 0.2) is 54.3 Å². The maximum Gasteiger partial charge on any atom is 0.151 e. The highest BCUT2D eigenvalue weighted by molar-refractivity contribution is 7.18. The van der Waals surface area contributed by atoms with Crippen LogP contribution >= 0.6 is 22.9 Å². The lowest BCUT2D eigenvalue weighted by molar-refractivity contribution is 0.271. The van der Waals surface area contributed by atoms with Crippen molar-refractivity contribution in [2.75, 3.05) is 42.9 Å². The van der Waals surface area contributed by atoms with Crippen molar-refractivity contribution in [1.29, 1.82) is 0 Å². The average molecular weight is 477 g/mol. The van der Waals surface area contributed by atoms with Crippen molar-refractivity contribution in [3.63, 3.8) is 0 Å². The van der Waals surface area contributed by atoms with Gasteiger partial charge in [-0.05, 0) is 48.5 Å². The summed E-state index contributed by atoms with van der Waals surface area (Å²) < 4.78 is 1.03. The van der Waals surface area contributed by atoms with Crippen LogP contribution in [0, 0.1) is 0 Å². The predicted octanol–water partition coefficient (Wildman–Crippen LogP) is 5.80. The highest BCUT2D eigenvalue weighted by Crippen LogP contribution is 2.32. The number of benzene rings is 1. The first-order valence-corrected chi connectivity index (χ1v) is 12.3. The molecule has 0 atom stereocenters. The van der Waals surface area contributed by atoms with Crippen LogP contribution in [0.25, 0.3) is 22.4 Å². The number of pyridine rings is 1. The number of thiophene rings is 1. The van der Waals surface area contributed by atoms with Gasteiger partial charge in [0.15, 0.2) is 5.82 Å². The van der Waals surface area contributed by atoms with Gasteiger partial charge in [-0.3, -0.25) is 0 Å². The molecule has 1 aliphatic heterocycles. The molecule has 6 nitrogen and oxygen atoms in total. The summed E-state index contributed by atoms with van der Waals surface area (Å²) in [5, 5.41) is 6.05. The molecule has 1 aliphatic rings. The van der Waals surface area contributed by atoms with Crippen molar-refractivity contribution in [1.82, 2.24) is 19.9 Å². The molecule has 4 heterocycles. The van der Waals surface area contributed by atoms with Gasteiger partial charge in [0, 0.05) is 54.7 Å². The van der Waals surface area contributed by atoms with E-state index in [9.17, 15) is 0 Å². The predicted molar refractivity (Wildman–Crippen MR) is 140 cm³/mol. The molecule has 33 heavy (non-hydrogen) atoms. The van der Waals surface area contributed by atoms with Crippen molar-refractivity contribution in [3.8, 4) is 0 Å². The Balaban J connectivity index is 1.31. The molecule has 0 unspecified atom stereocenters. The molecule has 5 rings (SSSR count). The molecule has 1 fully saturated rings. The number of hydrogen-bond acceptors (Lipinski definition) is 7. The van der Waals surface area contributed by atoms with E-state index >= 15 is 0 Å². The minimum Gasteiger partial charge on any atom is -0.369 e. The van der Waals surface area contributed by atoms with Crippen molar-refractivity contribution in [3.05, 3.63) is 70.6 Å². The molecule has 4 aromatic rings. The molecular weight excluding hydrogens is 452 g/mol. The van der Waals surface area contributed by atoms with Crippen LogP contribution in [0.1, 0.15) is 18.1 Å². The van der Waals surface area contributed by atoms with E-state index in [-0.39, 0.29) is 0 Å². The van der Waals surface area contributed by atoms with Gasteiger partial charge >= 0.3 is 0 Å². The van der Waals surface area contributed by atoms with Gasteiger partial charge in [-0.2, -0.15) is 0 Å². The largest absolute Gasteiger partial charge is 0.369 e. The lowest BCUT2D eigenvalue weighted by Crippen LogP contribution is -2.46. The van der Waals surface area contributed by atoms with Gasteiger partial charge in [0.2, 0.25) is 0 Å². The molecule has 0 spiro atoms. The smallest absolute Gasteiger partial charge is 0.151 e. The molecule has 0 amide bonds. The second kappa shape index (κ2) is 9.87. The Bertz CT molecular complexity index is 1260. The lowest BCUT2D eigenvalue weighted by atomic mass is 10.2. The van der Waals surface area contributed by atoms with Crippen molar-refractivity contribution < 1.29 is 0 Å². The fourth-order valence-electron chi connectivity index (χ4n) is 4.00. The summed E-state index contributed by atoms with van der Waals surface area (Å²) in [4.78, 5) is 18.0. The van der Waals surface area contributed by atoms with Crippen LogP contribution in [-0.4, -0.2) is 52.6 Å². The van der Waals surface area contributed by atoms with Crippen LogP contribution < -0.4 is 10.2 Å². The second-order valence-electron chi connectivity index (χ2n) is 7.93. The minimum absolute atomic E-state index is 0.482. The topological polar surface area (TPSA) is 57.2 Å². The zero-order valence-corrected chi connectivity index (χ0v) is 20.0. The fraction of sp³-hybridized carbons (Fsp3) is 0.240. The normalized spacial score (nSPS) is 14.9. The number of piperazine rings is 1. The number of anilines is 3. The van der Waals surface area contributed by atoms with Crippen LogP contribution in [0.5, 0.6) is 0 Å². The molecule has 3 aromatic heterocycles. The summed E-state index contributed by atoms with van der Waals surface area (Å²) in [5.74, 6) is 0.820. The van der Waals surface area contributed by atoms with E-state index in [0.29, 0.717) is 5.15 Å². The highest BCUT2D eigenvalue weighted by Gasteiger charge is 2.16. The van der Waals surface area contributed by atoms with E-state index in [1.807, 2.05) is 24.3 Å². The Hall–Kier alpha value is -3.00. The van der Waals surface area contributed by atoms with Gasteiger partial charge in [-0.1, -0.05) is 30.7 Å². The average Bonchev–Trinajstić information content (AvgIpc) is 3.27. The zero-order valence-electron chi connectivity index (χ0n) is 18.4. The SMILES string of the molecule is CCN1CCN(c2ccc(Nc3ncnc4c(/C=C/c5ccnc(Cl)c5)csc34)cc2)CC1. The number of halogens is 1. The Labute approximate surface area is 202 Å². The maximum atomic E-state index is 5.99. The minimum atomic E-state index is 0.482. The molecule has 0 bridgehead atoms. The summed E-state index contributed by atoms with van der Waals surface area (Å²) in [5.41, 5.74) is 5.26. The van der Waals surface area contributed by atoms with E-state index in [1.54, 1.807) is 23.9 Å². The van der Waals surface area contributed by atoms with E-state index in [1.165, 1.54) is 5.69 Å². The number of rotatable bonds is 6. The second-order valence-corrected chi connectivity index (χ2v) is 9.20. The molecule has 0 aliphatic carbocycles. The van der Waals surface area contributed by atoms with E-state index < -0.39 is 0 Å².